The number of carbonyl (C=O) groups is 2. The minimum absolute atomic E-state index is 0.0597. The monoisotopic (exact) mass is 344 g/mol. The summed E-state index contributed by atoms with van der Waals surface area (Å²) in [6.07, 6.45) is 0.965. The van der Waals surface area contributed by atoms with Gasteiger partial charge in [-0.3, -0.25) is 9.59 Å². The topological polar surface area (TPSA) is 49.4 Å². The van der Waals surface area contributed by atoms with E-state index in [1.165, 1.54) is 6.07 Å². The molecule has 25 heavy (non-hydrogen) atoms. The Labute approximate surface area is 144 Å². The van der Waals surface area contributed by atoms with Crippen molar-refractivity contribution in [2.24, 2.45) is 5.92 Å². The summed E-state index contributed by atoms with van der Waals surface area (Å²) in [5.41, 5.74) is 1.81. The smallest absolute Gasteiger partial charge is 0.229 e. The van der Waals surface area contributed by atoms with E-state index in [0.29, 0.717) is 6.07 Å². The molecule has 0 saturated carbocycles. The highest BCUT2D eigenvalue weighted by molar-refractivity contribution is 6.03. The highest BCUT2D eigenvalue weighted by atomic mass is 19.1. The van der Waals surface area contributed by atoms with Gasteiger partial charge in [-0.15, -0.1) is 0 Å². The Balaban J connectivity index is 1.69. The summed E-state index contributed by atoms with van der Waals surface area (Å²) in [5, 5.41) is 2.43. The zero-order chi connectivity index (χ0) is 18.0. The molecule has 1 saturated heterocycles. The van der Waals surface area contributed by atoms with Crippen LogP contribution < -0.4 is 10.2 Å². The zero-order valence-corrected chi connectivity index (χ0v) is 13.8. The summed E-state index contributed by atoms with van der Waals surface area (Å²) in [6.45, 7) is 2.28. The van der Waals surface area contributed by atoms with E-state index >= 15 is 0 Å². The van der Waals surface area contributed by atoms with Crippen LogP contribution in [0.15, 0.2) is 42.5 Å². The summed E-state index contributed by atoms with van der Waals surface area (Å²) in [4.78, 5) is 26.1. The van der Waals surface area contributed by atoms with E-state index < -0.39 is 23.5 Å². The summed E-state index contributed by atoms with van der Waals surface area (Å²) < 4.78 is 26.6. The highest BCUT2D eigenvalue weighted by Crippen LogP contribution is 2.27. The van der Waals surface area contributed by atoms with Crippen molar-refractivity contribution in [1.29, 1.82) is 0 Å². The number of nitrogens with zero attached hydrogens (tertiary/aromatic N) is 1. The van der Waals surface area contributed by atoms with Gasteiger partial charge >= 0.3 is 0 Å². The van der Waals surface area contributed by atoms with E-state index in [1.54, 1.807) is 4.90 Å². The molecular formula is C19H18F2N2O2. The third-order valence-electron chi connectivity index (χ3n) is 4.34. The van der Waals surface area contributed by atoms with Crippen LogP contribution in [-0.4, -0.2) is 18.4 Å². The second kappa shape index (κ2) is 7.01. The van der Waals surface area contributed by atoms with Crippen LogP contribution in [0, 0.1) is 17.6 Å². The van der Waals surface area contributed by atoms with E-state index in [-0.39, 0.29) is 24.6 Å². The van der Waals surface area contributed by atoms with E-state index in [1.807, 2.05) is 31.2 Å². The first kappa shape index (κ1) is 17.1. The maximum atomic E-state index is 13.7. The third kappa shape index (κ3) is 3.68. The second-order valence-electron chi connectivity index (χ2n) is 6.04. The highest BCUT2D eigenvalue weighted by Gasteiger charge is 2.35. The maximum Gasteiger partial charge on any atom is 0.229 e. The number of halogens is 2. The lowest BCUT2D eigenvalue weighted by Gasteiger charge is -2.17. The molecule has 130 valence electrons. The SMILES string of the molecule is CCc1ccc(N2C[C@@H](C(=O)Nc3ccc(F)cc3F)CC2=O)cc1. The first-order valence-electron chi connectivity index (χ1n) is 8.13. The van der Waals surface area contributed by atoms with Crippen molar-refractivity contribution in [2.75, 3.05) is 16.8 Å². The third-order valence-corrected chi connectivity index (χ3v) is 4.34. The van der Waals surface area contributed by atoms with Gasteiger partial charge in [-0.1, -0.05) is 19.1 Å². The van der Waals surface area contributed by atoms with Crippen molar-refractivity contribution in [2.45, 2.75) is 19.8 Å². The number of rotatable bonds is 4. The van der Waals surface area contributed by atoms with Gasteiger partial charge in [0, 0.05) is 24.7 Å². The second-order valence-corrected chi connectivity index (χ2v) is 6.04. The molecule has 2 aromatic carbocycles. The molecule has 2 aromatic rings. The molecule has 1 fully saturated rings. The number of aryl methyl sites for hydroxylation is 1. The van der Waals surface area contributed by atoms with Crippen LogP contribution in [-0.2, 0) is 16.0 Å². The van der Waals surface area contributed by atoms with Crippen molar-refractivity contribution in [3.63, 3.8) is 0 Å². The van der Waals surface area contributed by atoms with Gasteiger partial charge < -0.3 is 10.2 Å². The van der Waals surface area contributed by atoms with Gasteiger partial charge in [-0.2, -0.15) is 0 Å². The summed E-state index contributed by atoms with van der Waals surface area (Å²) in [6, 6.07) is 10.6. The van der Waals surface area contributed by atoms with Crippen LogP contribution in [0.25, 0.3) is 0 Å². The Morgan fingerprint density at radius 1 is 1.20 bits per heavy atom. The number of amides is 2. The lowest BCUT2D eigenvalue weighted by molar-refractivity contribution is -0.122. The molecule has 1 atom stereocenters. The molecule has 0 spiro atoms. The molecule has 0 aromatic heterocycles. The van der Waals surface area contributed by atoms with E-state index in [4.69, 9.17) is 0 Å². The Morgan fingerprint density at radius 3 is 2.56 bits per heavy atom. The van der Waals surface area contributed by atoms with Crippen LogP contribution in [0.2, 0.25) is 0 Å². The standard InChI is InChI=1S/C19H18F2N2O2/c1-2-12-3-6-15(7-4-12)23-11-13(9-18(23)24)19(25)22-17-8-5-14(20)10-16(17)21/h3-8,10,13H,2,9,11H2,1H3,(H,22,25)/t13-/m0/s1. The predicted octanol–water partition coefficient (Wildman–Crippen LogP) is 3.52. The molecule has 0 unspecified atom stereocenters. The molecule has 1 heterocycles. The first-order chi connectivity index (χ1) is 12.0. The number of hydrogen-bond acceptors (Lipinski definition) is 2. The molecule has 1 aliphatic heterocycles. The van der Waals surface area contributed by atoms with Gasteiger partial charge in [0.1, 0.15) is 11.6 Å². The Hall–Kier alpha value is -2.76. The van der Waals surface area contributed by atoms with E-state index in [9.17, 15) is 18.4 Å². The lowest BCUT2D eigenvalue weighted by Crippen LogP contribution is -2.28. The van der Waals surface area contributed by atoms with Crippen LogP contribution in [0.3, 0.4) is 0 Å². The van der Waals surface area contributed by atoms with Gasteiger partial charge in [0.25, 0.3) is 0 Å². The minimum atomic E-state index is -0.843. The average molecular weight is 344 g/mol. The molecule has 0 aliphatic carbocycles. The predicted molar refractivity (Wildman–Crippen MR) is 91.3 cm³/mol. The first-order valence-corrected chi connectivity index (χ1v) is 8.13. The molecule has 4 nitrogen and oxygen atoms in total. The van der Waals surface area contributed by atoms with Crippen LogP contribution in [0.1, 0.15) is 18.9 Å². The molecule has 0 bridgehead atoms. The largest absolute Gasteiger partial charge is 0.323 e. The molecule has 0 radical (unpaired) electrons. The molecule has 3 rings (SSSR count). The van der Waals surface area contributed by atoms with Crippen LogP contribution >= 0.6 is 0 Å². The minimum Gasteiger partial charge on any atom is -0.323 e. The molecule has 6 heteroatoms. The summed E-state index contributed by atoms with van der Waals surface area (Å²) >= 11 is 0. The van der Waals surface area contributed by atoms with E-state index in [0.717, 1.165) is 23.7 Å². The Bertz CT molecular complexity index is 806. The van der Waals surface area contributed by atoms with Crippen LogP contribution in [0.4, 0.5) is 20.2 Å². The van der Waals surface area contributed by atoms with Gasteiger partial charge in [-0.05, 0) is 36.2 Å². The van der Waals surface area contributed by atoms with E-state index in [2.05, 4.69) is 5.32 Å². The number of nitrogens with one attached hydrogen (secondary N) is 1. The molecule has 1 N–H and O–H groups in total. The number of hydrogen-bond donors (Lipinski definition) is 1. The van der Waals surface area contributed by atoms with Crippen LogP contribution in [0.5, 0.6) is 0 Å². The fourth-order valence-corrected chi connectivity index (χ4v) is 2.87. The summed E-state index contributed by atoms with van der Waals surface area (Å²) in [7, 11) is 0. The van der Waals surface area contributed by atoms with Crippen molar-refractivity contribution >= 4 is 23.2 Å². The molecule has 1 aliphatic rings. The maximum absolute atomic E-state index is 13.7. The Morgan fingerprint density at radius 2 is 1.92 bits per heavy atom. The van der Waals surface area contributed by atoms with Crippen molar-refractivity contribution in [1.82, 2.24) is 0 Å². The van der Waals surface area contributed by atoms with Gasteiger partial charge in [-0.25, -0.2) is 8.78 Å². The zero-order valence-electron chi connectivity index (χ0n) is 13.8. The summed E-state index contributed by atoms with van der Waals surface area (Å²) in [5.74, 6) is -2.74. The average Bonchev–Trinajstić information content (AvgIpc) is 2.99. The van der Waals surface area contributed by atoms with Crippen molar-refractivity contribution in [3.8, 4) is 0 Å². The van der Waals surface area contributed by atoms with Gasteiger partial charge in [0.05, 0.1) is 11.6 Å². The number of anilines is 2. The lowest BCUT2D eigenvalue weighted by atomic mass is 10.1. The van der Waals surface area contributed by atoms with Gasteiger partial charge in [0.15, 0.2) is 0 Å². The Kier molecular flexibility index (Phi) is 4.79. The van der Waals surface area contributed by atoms with Crippen molar-refractivity contribution < 1.29 is 18.4 Å². The van der Waals surface area contributed by atoms with Crippen molar-refractivity contribution in [3.05, 3.63) is 59.7 Å². The fourth-order valence-electron chi connectivity index (χ4n) is 2.87. The quantitative estimate of drug-likeness (QED) is 0.923. The molecular weight excluding hydrogens is 326 g/mol. The fraction of sp³-hybridized carbons (Fsp3) is 0.263. The number of carbonyl (C=O) groups excluding carboxylic acids is 2. The normalized spacial score (nSPS) is 17.0. The molecule has 2 amide bonds. The number of benzene rings is 2. The van der Waals surface area contributed by atoms with Gasteiger partial charge in [0.2, 0.25) is 11.8 Å².